The first-order chi connectivity index (χ1) is 13.8. The van der Waals surface area contributed by atoms with Crippen LogP contribution in [-0.4, -0.2) is 40.6 Å². The molecule has 0 aromatic carbocycles. The van der Waals surface area contributed by atoms with Crippen molar-refractivity contribution in [3.05, 3.63) is 47.5 Å². The third-order valence-electron chi connectivity index (χ3n) is 6.09. The molecule has 0 radical (unpaired) electrons. The van der Waals surface area contributed by atoms with Crippen molar-refractivity contribution in [3.63, 3.8) is 0 Å². The maximum absolute atomic E-state index is 12.8. The lowest BCUT2D eigenvalue weighted by molar-refractivity contribution is -0.135. The fourth-order valence-electron chi connectivity index (χ4n) is 4.48. The van der Waals surface area contributed by atoms with Gasteiger partial charge < -0.3 is 4.74 Å². The lowest BCUT2D eigenvalue weighted by Gasteiger charge is -2.28. The van der Waals surface area contributed by atoms with Crippen LogP contribution in [0.25, 0.3) is 5.57 Å². The summed E-state index contributed by atoms with van der Waals surface area (Å²) in [5.41, 5.74) is 4.70. The van der Waals surface area contributed by atoms with Gasteiger partial charge in [0.15, 0.2) is 5.76 Å². The second kappa shape index (κ2) is 7.84. The van der Waals surface area contributed by atoms with Crippen molar-refractivity contribution in [1.29, 1.82) is 0 Å². The molecule has 7 heteroatoms. The molecule has 29 heavy (non-hydrogen) atoms. The summed E-state index contributed by atoms with van der Waals surface area (Å²) < 4.78 is 43.6. The molecular weight excluding hydrogens is 379 g/mol. The largest absolute Gasteiger partial charge is 0.484 e. The van der Waals surface area contributed by atoms with Crippen molar-refractivity contribution < 1.29 is 17.9 Å². The molecule has 3 unspecified atom stereocenters. The molecular formula is C22H26F3N3O. The minimum absolute atomic E-state index is 0.109. The number of hydrazone groups is 1. The van der Waals surface area contributed by atoms with Crippen molar-refractivity contribution in [3.8, 4) is 0 Å². The lowest BCUT2D eigenvalue weighted by atomic mass is 9.87. The van der Waals surface area contributed by atoms with Gasteiger partial charge in [0.1, 0.15) is 6.10 Å². The van der Waals surface area contributed by atoms with Crippen LogP contribution in [-0.2, 0) is 11.2 Å². The molecule has 0 saturated heterocycles. The van der Waals surface area contributed by atoms with Gasteiger partial charge in [0.25, 0.3) is 0 Å². The highest BCUT2D eigenvalue weighted by atomic mass is 19.4. The first kappa shape index (κ1) is 20.0. The zero-order chi connectivity index (χ0) is 20.6. The maximum atomic E-state index is 12.8. The number of aryl methyl sites for hydroxylation is 1. The number of ether oxygens (including phenoxy) is 1. The fourth-order valence-corrected chi connectivity index (χ4v) is 4.48. The van der Waals surface area contributed by atoms with Crippen molar-refractivity contribution in [2.45, 2.75) is 64.3 Å². The second-order valence-corrected chi connectivity index (χ2v) is 8.08. The van der Waals surface area contributed by atoms with Crippen LogP contribution in [0.4, 0.5) is 13.2 Å². The summed E-state index contributed by atoms with van der Waals surface area (Å²) >= 11 is 0. The van der Waals surface area contributed by atoms with Crippen LogP contribution in [0.5, 0.6) is 0 Å². The Morgan fingerprint density at radius 3 is 2.86 bits per heavy atom. The Labute approximate surface area is 169 Å². The number of rotatable bonds is 4. The van der Waals surface area contributed by atoms with Gasteiger partial charge in [-0.05, 0) is 62.8 Å². The van der Waals surface area contributed by atoms with Crippen LogP contribution in [0.1, 0.15) is 50.8 Å². The molecule has 0 fully saturated rings. The fraction of sp³-hybridized carbons (Fsp3) is 0.545. The number of hydrogen-bond acceptors (Lipinski definition) is 4. The molecule has 0 N–H and O–H groups in total. The Bertz CT molecular complexity index is 859. The van der Waals surface area contributed by atoms with Gasteiger partial charge in [-0.1, -0.05) is 12.1 Å². The first-order valence-corrected chi connectivity index (χ1v) is 10.2. The van der Waals surface area contributed by atoms with Crippen molar-refractivity contribution in [2.24, 2.45) is 11.0 Å². The first-order valence-electron chi connectivity index (χ1n) is 10.2. The van der Waals surface area contributed by atoms with Gasteiger partial charge in [0, 0.05) is 29.9 Å². The number of pyridine rings is 1. The molecule has 4 rings (SSSR count). The second-order valence-electron chi connectivity index (χ2n) is 8.08. The normalized spacial score (nSPS) is 27.0. The van der Waals surface area contributed by atoms with E-state index in [-0.39, 0.29) is 18.4 Å². The van der Waals surface area contributed by atoms with Gasteiger partial charge in [-0.15, -0.1) is 0 Å². The van der Waals surface area contributed by atoms with E-state index in [0.717, 1.165) is 43.2 Å². The molecule has 1 aromatic heterocycles. The standard InChI is InChI=1S/C22H26F3N3O/c1-14-19(12-16-6-3-4-8-20-18(16)7-5-11-26-20)15(2)28(27-14)13-17-9-10-21(29-17)22(23,24)25/h5-7,10-11,15,17,19H,3-4,8-9,12-13H2,1-2H3. The summed E-state index contributed by atoms with van der Waals surface area (Å²) in [6, 6.07) is 4.23. The Hall–Kier alpha value is -2.31. The molecule has 0 bridgehead atoms. The molecule has 3 heterocycles. The van der Waals surface area contributed by atoms with Gasteiger partial charge in [-0.3, -0.25) is 9.99 Å². The van der Waals surface area contributed by atoms with Crippen molar-refractivity contribution in [2.75, 3.05) is 6.54 Å². The third-order valence-corrected chi connectivity index (χ3v) is 6.09. The minimum Gasteiger partial charge on any atom is -0.484 e. The molecule has 3 aliphatic rings. The Morgan fingerprint density at radius 1 is 1.28 bits per heavy atom. The van der Waals surface area contributed by atoms with Gasteiger partial charge in [0.05, 0.1) is 12.6 Å². The van der Waals surface area contributed by atoms with E-state index in [2.05, 4.69) is 29.2 Å². The van der Waals surface area contributed by atoms with E-state index >= 15 is 0 Å². The molecule has 0 saturated carbocycles. The summed E-state index contributed by atoms with van der Waals surface area (Å²) in [6.45, 7) is 4.47. The highest BCUT2D eigenvalue weighted by molar-refractivity contribution is 5.88. The number of fused-ring (bicyclic) bond motifs is 1. The SMILES string of the molecule is CC1=NN(CC2CC=C(C(F)(F)F)O2)C(C)C1CC1=CCCCc2ncccc21. The number of hydrogen-bond donors (Lipinski definition) is 0. The highest BCUT2D eigenvalue weighted by Crippen LogP contribution is 2.36. The van der Waals surface area contributed by atoms with Crippen molar-refractivity contribution >= 4 is 11.3 Å². The summed E-state index contributed by atoms with van der Waals surface area (Å²) in [5, 5.41) is 6.57. The lowest BCUT2D eigenvalue weighted by Crippen LogP contribution is -2.36. The molecule has 1 aliphatic carbocycles. The minimum atomic E-state index is -4.42. The van der Waals surface area contributed by atoms with E-state index in [1.165, 1.54) is 11.1 Å². The van der Waals surface area contributed by atoms with Crippen LogP contribution in [0.3, 0.4) is 0 Å². The average molecular weight is 405 g/mol. The average Bonchev–Trinajstić information content (AvgIpc) is 3.17. The summed E-state index contributed by atoms with van der Waals surface area (Å²) in [6.07, 6.45) is 4.63. The number of alkyl halides is 3. The predicted molar refractivity (Wildman–Crippen MR) is 106 cm³/mol. The van der Waals surface area contributed by atoms with E-state index in [9.17, 15) is 13.2 Å². The number of allylic oxidation sites excluding steroid dienone is 3. The zero-order valence-electron chi connectivity index (χ0n) is 16.7. The quantitative estimate of drug-likeness (QED) is 0.698. The smallest absolute Gasteiger partial charge is 0.448 e. The van der Waals surface area contributed by atoms with Crippen molar-refractivity contribution in [1.82, 2.24) is 9.99 Å². The van der Waals surface area contributed by atoms with Crippen LogP contribution in [0.2, 0.25) is 0 Å². The summed E-state index contributed by atoms with van der Waals surface area (Å²) in [4.78, 5) is 4.56. The molecule has 1 aromatic rings. The monoisotopic (exact) mass is 405 g/mol. The van der Waals surface area contributed by atoms with Gasteiger partial charge in [-0.25, -0.2) is 0 Å². The van der Waals surface area contributed by atoms with Gasteiger partial charge in [0.2, 0.25) is 0 Å². The van der Waals surface area contributed by atoms with Crippen LogP contribution < -0.4 is 0 Å². The number of aromatic nitrogens is 1. The van der Waals surface area contributed by atoms with Gasteiger partial charge in [-0.2, -0.15) is 18.3 Å². The van der Waals surface area contributed by atoms with Crippen LogP contribution in [0.15, 0.2) is 41.3 Å². The molecule has 3 atom stereocenters. The van der Waals surface area contributed by atoms with Crippen LogP contribution in [0, 0.1) is 5.92 Å². The summed E-state index contributed by atoms with van der Waals surface area (Å²) in [7, 11) is 0. The molecule has 0 spiro atoms. The summed E-state index contributed by atoms with van der Waals surface area (Å²) in [5.74, 6) is -0.650. The number of nitrogens with zero attached hydrogens (tertiary/aromatic N) is 3. The van der Waals surface area contributed by atoms with E-state index in [1.54, 1.807) is 0 Å². The predicted octanol–water partition coefficient (Wildman–Crippen LogP) is 5.12. The maximum Gasteiger partial charge on any atom is 0.448 e. The van der Waals surface area contributed by atoms with E-state index in [4.69, 9.17) is 4.74 Å². The van der Waals surface area contributed by atoms with E-state index in [1.807, 2.05) is 24.2 Å². The number of halogens is 3. The molecule has 2 aliphatic heterocycles. The molecule has 0 amide bonds. The highest BCUT2D eigenvalue weighted by Gasteiger charge is 2.41. The molecule has 4 nitrogen and oxygen atoms in total. The topological polar surface area (TPSA) is 37.7 Å². The Morgan fingerprint density at radius 2 is 2.10 bits per heavy atom. The zero-order valence-corrected chi connectivity index (χ0v) is 16.7. The van der Waals surface area contributed by atoms with E-state index in [0.29, 0.717) is 6.54 Å². The Kier molecular flexibility index (Phi) is 5.40. The Balaban J connectivity index is 1.43. The van der Waals surface area contributed by atoms with Gasteiger partial charge >= 0.3 is 6.18 Å². The van der Waals surface area contributed by atoms with Crippen LogP contribution >= 0.6 is 0 Å². The third kappa shape index (κ3) is 4.19. The van der Waals surface area contributed by atoms with E-state index < -0.39 is 18.0 Å². The molecule has 156 valence electrons.